The van der Waals surface area contributed by atoms with Crippen LogP contribution in [-0.2, 0) is 19.1 Å². The van der Waals surface area contributed by atoms with Gasteiger partial charge in [0.15, 0.2) is 0 Å². The van der Waals surface area contributed by atoms with E-state index in [2.05, 4.69) is 13.8 Å². The van der Waals surface area contributed by atoms with Gasteiger partial charge >= 0.3 is 11.9 Å². The van der Waals surface area contributed by atoms with Gasteiger partial charge in [0, 0.05) is 13.3 Å². The second-order valence-corrected chi connectivity index (χ2v) is 12.7. The monoisotopic (exact) mass is 414 g/mol. The zero-order chi connectivity index (χ0) is 20.9. The molecular formula is C26H38O4. The average molecular weight is 415 g/mol. The van der Waals surface area contributed by atoms with Gasteiger partial charge in [0.05, 0.1) is 5.41 Å². The second-order valence-electron chi connectivity index (χ2n) is 12.7. The Morgan fingerprint density at radius 2 is 1.30 bits per heavy atom. The number of rotatable bonds is 4. The molecule has 8 bridgehead atoms. The summed E-state index contributed by atoms with van der Waals surface area (Å²) >= 11 is 0. The van der Waals surface area contributed by atoms with Crippen molar-refractivity contribution in [3.63, 3.8) is 0 Å². The van der Waals surface area contributed by atoms with Crippen molar-refractivity contribution in [1.82, 2.24) is 0 Å². The minimum atomic E-state index is -0.421. The van der Waals surface area contributed by atoms with E-state index in [4.69, 9.17) is 9.47 Å². The fourth-order valence-corrected chi connectivity index (χ4v) is 10.3. The van der Waals surface area contributed by atoms with Crippen LogP contribution < -0.4 is 0 Å². The standard InChI is InChI=1S/C26H38O4/c1-15(2)26(21-6-17-4-18(8-21)9-22(26)7-17)30-23(28)24-10-19-5-20(11-24)13-25(12-19,14-24)29-16(3)27/h15,17-22H,4-14H2,1-3H3. The van der Waals surface area contributed by atoms with Gasteiger partial charge in [-0.1, -0.05) is 13.8 Å². The van der Waals surface area contributed by atoms with Crippen molar-refractivity contribution in [2.75, 3.05) is 0 Å². The molecule has 0 aliphatic heterocycles. The Hall–Kier alpha value is -1.06. The van der Waals surface area contributed by atoms with Crippen LogP contribution in [-0.4, -0.2) is 23.1 Å². The molecule has 166 valence electrons. The van der Waals surface area contributed by atoms with E-state index in [1.165, 1.54) is 45.4 Å². The first-order chi connectivity index (χ1) is 14.2. The molecule has 8 fully saturated rings. The molecule has 0 saturated heterocycles. The highest BCUT2D eigenvalue weighted by Crippen LogP contribution is 2.66. The van der Waals surface area contributed by atoms with E-state index in [1.807, 2.05) is 0 Å². The second kappa shape index (κ2) is 6.25. The smallest absolute Gasteiger partial charge is 0.312 e. The van der Waals surface area contributed by atoms with Crippen molar-refractivity contribution in [3.05, 3.63) is 0 Å². The zero-order valence-corrected chi connectivity index (χ0v) is 19.0. The SMILES string of the molecule is CC(=O)OC12CC3CC(C1)CC(C(=O)OC1(C(C)C)C4CC5CC(C4)CC1C5)(C3)C2. The number of hydrogen-bond donors (Lipinski definition) is 0. The highest BCUT2D eigenvalue weighted by molar-refractivity contribution is 5.78. The van der Waals surface area contributed by atoms with E-state index >= 15 is 0 Å². The number of carbonyl (C=O) groups excluding carboxylic acids is 2. The van der Waals surface area contributed by atoms with E-state index in [0.29, 0.717) is 36.0 Å². The highest BCUT2D eigenvalue weighted by Gasteiger charge is 2.66. The quantitative estimate of drug-likeness (QED) is 0.587. The summed E-state index contributed by atoms with van der Waals surface area (Å²) in [6.07, 6.45) is 12.1. The summed E-state index contributed by atoms with van der Waals surface area (Å²) in [5.74, 6) is 4.08. The third kappa shape index (κ3) is 2.64. The largest absolute Gasteiger partial charge is 0.459 e. The summed E-state index contributed by atoms with van der Waals surface area (Å²) < 4.78 is 12.8. The predicted molar refractivity (Wildman–Crippen MR) is 112 cm³/mol. The van der Waals surface area contributed by atoms with Crippen LogP contribution in [0, 0.1) is 46.8 Å². The van der Waals surface area contributed by atoms with E-state index in [0.717, 1.165) is 37.5 Å². The van der Waals surface area contributed by atoms with Gasteiger partial charge in [-0.3, -0.25) is 9.59 Å². The summed E-state index contributed by atoms with van der Waals surface area (Å²) in [4.78, 5) is 26.0. The summed E-state index contributed by atoms with van der Waals surface area (Å²) in [6.45, 7) is 6.09. The van der Waals surface area contributed by atoms with Crippen molar-refractivity contribution < 1.29 is 19.1 Å². The molecule has 0 aromatic carbocycles. The van der Waals surface area contributed by atoms with Crippen LogP contribution in [0.4, 0.5) is 0 Å². The number of ether oxygens (including phenoxy) is 2. The van der Waals surface area contributed by atoms with Gasteiger partial charge in [-0.25, -0.2) is 0 Å². The van der Waals surface area contributed by atoms with Crippen LogP contribution in [0.15, 0.2) is 0 Å². The van der Waals surface area contributed by atoms with Crippen LogP contribution in [0.1, 0.15) is 91.4 Å². The van der Waals surface area contributed by atoms with Gasteiger partial charge in [-0.05, 0) is 106 Å². The third-order valence-electron chi connectivity index (χ3n) is 10.4. The number of carbonyl (C=O) groups is 2. The molecule has 4 nitrogen and oxygen atoms in total. The Labute approximate surface area is 180 Å². The normalized spacial score (nSPS) is 52.7. The lowest BCUT2D eigenvalue weighted by atomic mass is 9.46. The molecule has 2 unspecified atom stereocenters. The van der Waals surface area contributed by atoms with E-state index in [1.54, 1.807) is 0 Å². The Balaban J connectivity index is 1.31. The Morgan fingerprint density at radius 3 is 1.80 bits per heavy atom. The van der Waals surface area contributed by atoms with Crippen LogP contribution in [0.25, 0.3) is 0 Å². The first-order valence-corrected chi connectivity index (χ1v) is 12.6. The van der Waals surface area contributed by atoms with Crippen molar-refractivity contribution in [2.24, 2.45) is 46.8 Å². The van der Waals surface area contributed by atoms with Crippen molar-refractivity contribution in [3.8, 4) is 0 Å². The minimum absolute atomic E-state index is 0.0642. The van der Waals surface area contributed by atoms with Crippen LogP contribution in [0.5, 0.6) is 0 Å². The maximum Gasteiger partial charge on any atom is 0.312 e. The molecule has 0 amide bonds. The van der Waals surface area contributed by atoms with E-state index in [-0.39, 0.29) is 17.5 Å². The molecular weight excluding hydrogens is 376 g/mol. The van der Waals surface area contributed by atoms with Gasteiger partial charge in [0.1, 0.15) is 11.2 Å². The highest BCUT2D eigenvalue weighted by atomic mass is 16.6. The Bertz CT molecular complexity index is 725. The average Bonchev–Trinajstić information content (AvgIpc) is 2.61. The van der Waals surface area contributed by atoms with E-state index in [9.17, 15) is 9.59 Å². The fraction of sp³-hybridized carbons (Fsp3) is 0.923. The molecule has 0 aromatic rings. The first kappa shape index (κ1) is 19.6. The van der Waals surface area contributed by atoms with Gasteiger partial charge < -0.3 is 9.47 Å². The summed E-state index contributed by atoms with van der Waals surface area (Å²) in [5, 5.41) is 0. The molecule has 8 rings (SSSR count). The molecule has 30 heavy (non-hydrogen) atoms. The zero-order valence-electron chi connectivity index (χ0n) is 19.0. The molecule has 0 radical (unpaired) electrons. The number of esters is 2. The molecule has 4 heteroatoms. The molecule has 8 saturated carbocycles. The first-order valence-electron chi connectivity index (χ1n) is 12.6. The van der Waals surface area contributed by atoms with Crippen LogP contribution in [0.3, 0.4) is 0 Å². The summed E-state index contributed by atoms with van der Waals surface area (Å²) in [7, 11) is 0. The molecule has 0 heterocycles. The topological polar surface area (TPSA) is 52.6 Å². The van der Waals surface area contributed by atoms with Crippen molar-refractivity contribution >= 4 is 11.9 Å². The maximum absolute atomic E-state index is 14.1. The molecule has 0 spiro atoms. The van der Waals surface area contributed by atoms with Gasteiger partial charge in [-0.15, -0.1) is 0 Å². The maximum atomic E-state index is 14.1. The summed E-state index contributed by atoms with van der Waals surface area (Å²) in [6, 6.07) is 0. The van der Waals surface area contributed by atoms with Gasteiger partial charge in [0.2, 0.25) is 0 Å². The molecule has 0 N–H and O–H groups in total. The van der Waals surface area contributed by atoms with Crippen LogP contribution in [0.2, 0.25) is 0 Å². The van der Waals surface area contributed by atoms with Crippen LogP contribution >= 0.6 is 0 Å². The molecule has 2 atom stereocenters. The third-order valence-corrected chi connectivity index (χ3v) is 10.4. The van der Waals surface area contributed by atoms with Crippen molar-refractivity contribution in [1.29, 1.82) is 0 Å². The Morgan fingerprint density at radius 1 is 0.767 bits per heavy atom. The van der Waals surface area contributed by atoms with Crippen molar-refractivity contribution in [2.45, 2.75) is 103 Å². The summed E-state index contributed by atoms with van der Waals surface area (Å²) in [5.41, 5.74) is -1.09. The molecule has 8 aliphatic rings. The number of hydrogen-bond acceptors (Lipinski definition) is 4. The van der Waals surface area contributed by atoms with Gasteiger partial charge in [0.25, 0.3) is 0 Å². The lowest BCUT2D eigenvalue weighted by Crippen LogP contribution is -2.65. The lowest BCUT2D eigenvalue weighted by Gasteiger charge is -2.64. The Kier molecular flexibility index (Phi) is 4.09. The lowest BCUT2D eigenvalue weighted by molar-refractivity contribution is -0.249. The molecule has 8 aliphatic carbocycles. The predicted octanol–water partition coefficient (Wildman–Crippen LogP) is 5.28. The molecule has 0 aromatic heterocycles. The van der Waals surface area contributed by atoms with Gasteiger partial charge in [-0.2, -0.15) is 0 Å². The fourth-order valence-electron chi connectivity index (χ4n) is 10.3. The van der Waals surface area contributed by atoms with E-state index < -0.39 is 11.0 Å². The minimum Gasteiger partial charge on any atom is -0.459 e.